The van der Waals surface area contributed by atoms with Crippen molar-refractivity contribution in [3.05, 3.63) is 29.4 Å². The second-order valence-corrected chi connectivity index (χ2v) is 7.68. The number of hydrogen-bond donors (Lipinski definition) is 3. The molecule has 3 N–H and O–H groups in total. The predicted octanol–water partition coefficient (Wildman–Crippen LogP) is 3.13. The summed E-state index contributed by atoms with van der Waals surface area (Å²) in [6.07, 6.45) is 6.09. The van der Waals surface area contributed by atoms with Crippen molar-refractivity contribution in [2.45, 2.75) is 31.7 Å². The molecule has 3 aromatic heterocycles. The molecule has 138 valence electrons. The van der Waals surface area contributed by atoms with E-state index < -0.39 is 0 Å². The summed E-state index contributed by atoms with van der Waals surface area (Å²) in [6, 6.07) is 5.55. The zero-order valence-corrected chi connectivity index (χ0v) is 15.3. The lowest BCUT2D eigenvalue weighted by atomic mass is 10.2. The average Bonchev–Trinajstić information content (AvgIpc) is 3.25. The number of thiazole rings is 1. The third-order valence-electron chi connectivity index (χ3n) is 4.52. The van der Waals surface area contributed by atoms with Gasteiger partial charge in [-0.2, -0.15) is 0 Å². The van der Waals surface area contributed by atoms with Crippen LogP contribution in [0.3, 0.4) is 0 Å². The van der Waals surface area contributed by atoms with E-state index in [-0.39, 0.29) is 6.03 Å². The number of nitrogens with zero attached hydrogens (tertiary/aromatic N) is 5. The Hall–Kier alpha value is -3.01. The van der Waals surface area contributed by atoms with Crippen molar-refractivity contribution in [1.29, 1.82) is 0 Å². The smallest absolute Gasteiger partial charge is 0.326 e. The quantitative estimate of drug-likeness (QED) is 0.639. The molecule has 2 amide bonds. The van der Waals surface area contributed by atoms with Gasteiger partial charge in [-0.3, -0.25) is 10.6 Å². The molecule has 10 heteroatoms. The fraction of sp³-hybridized carbons (Fsp3) is 0.353. The number of fused-ring (bicyclic) bond motifs is 1. The van der Waals surface area contributed by atoms with Gasteiger partial charge in [-0.05, 0) is 37.8 Å². The van der Waals surface area contributed by atoms with Crippen LogP contribution in [0.25, 0.3) is 11.5 Å². The third-order valence-corrected chi connectivity index (χ3v) is 5.55. The lowest BCUT2D eigenvalue weighted by molar-refractivity contribution is 0.262. The summed E-state index contributed by atoms with van der Waals surface area (Å²) in [5.74, 6) is 2.05. The van der Waals surface area contributed by atoms with E-state index in [0.29, 0.717) is 22.7 Å². The van der Waals surface area contributed by atoms with Crippen molar-refractivity contribution in [2.24, 2.45) is 0 Å². The molecule has 1 saturated carbocycles. The molecule has 0 spiro atoms. The Labute approximate surface area is 159 Å². The minimum absolute atomic E-state index is 0.366. The Kier molecular flexibility index (Phi) is 3.97. The van der Waals surface area contributed by atoms with Crippen LogP contribution in [-0.2, 0) is 6.42 Å². The summed E-state index contributed by atoms with van der Waals surface area (Å²) in [5.41, 5.74) is 0.686. The number of aromatic nitrogens is 5. The first-order valence-electron chi connectivity index (χ1n) is 8.95. The lowest BCUT2D eigenvalue weighted by Crippen LogP contribution is -2.20. The number of pyridine rings is 1. The zero-order chi connectivity index (χ0) is 18.2. The lowest BCUT2D eigenvalue weighted by Gasteiger charge is -2.10. The van der Waals surface area contributed by atoms with Gasteiger partial charge in [0, 0.05) is 12.6 Å². The minimum atomic E-state index is -0.366. The van der Waals surface area contributed by atoms with E-state index in [1.54, 1.807) is 12.4 Å². The van der Waals surface area contributed by atoms with Crippen molar-refractivity contribution in [1.82, 2.24) is 24.7 Å². The van der Waals surface area contributed by atoms with Crippen molar-refractivity contribution >= 4 is 34.1 Å². The van der Waals surface area contributed by atoms with Crippen LogP contribution in [0.15, 0.2) is 24.5 Å². The van der Waals surface area contributed by atoms with Gasteiger partial charge in [-0.25, -0.2) is 14.8 Å². The molecule has 0 atom stereocenters. The molecule has 1 aliphatic heterocycles. The summed E-state index contributed by atoms with van der Waals surface area (Å²) in [5, 5.41) is 17.6. The van der Waals surface area contributed by atoms with Crippen molar-refractivity contribution in [3.8, 4) is 11.5 Å². The summed E-state index contributed by atoms with van der Waals surface area (Å²) < 4.78 is 2.04. The molecule has 0 aromatic carbocycles. The fourth-order valence-electron chi connectivity index (χ4n) is 3.09. The molecular weight excluding hydrogens is 364 g/mol. The van der Waals surface area contributed by atoms with Gasteiger partial charge in [0.05, 0.1) is 4.88 Å². The number of anilines is 3. The van der Waals surface area contributed by atoms with Gasteiger partial charge < -0.3 is 9.88 Å². The molecule has 1 fully saturated rings. The van der Waals surface area contributed by atoms with Crippen LogP contribution < -0.4 is 16.0 Å². The first kappa shape index (κ1) is 16.2. The predicted molar refractivity (Wildman–Crippen MR) is 103 cm³/mol. The van der Waals surface area contributed by atoms with Crippen molar-refractivity contribution in [3.63, 3.8) is 0 Å². The van der Waals surface area contributed by atoms with Crippen molar-refractivity contribution in [2.75, 3.05) is 22.5 Å². The molecule has 5 rings (SSSR count). The maximum atomic E-state index is 12.3. The van der Waals surface area contributed by atoms with E-state index in [9.17, 15) is 4.79 Å². The number of carbonyl (C=O) groups is 1. The first-order chi connectivity index (χ1) is 13.3. The molecule has 0 radical (unpaired) electrons. The number of amides is 2. The van der Waals surface area contributed by atoms with Gasteiger partial charge in [0.15, 0.2) is 11.0 Å². The largest absolute Gasteiger partial charge is 0.369 e. The van der Waals surface area contributed by atoms with E-state index >= 15 is 0 Å². The highest BCUT2D eigenvalue weighted by molar-refractivity contribution is 7.16. The maximum Gasteiger partial charge on any atom is 0.326 e. The molecule has 9 nitrogen and oxygen atoms in total. The highest BCUT2D eigenvalue weighted by Gasteiger charge is 2.27. The van der Waals surface area contributed by atoms with E-state index in [1.807, 2.05) is 16.7 Å². The molecule has 0 saturated heterocycles. The number of aryl methyl sites for hydroxylation is 1. The molecule has 1 aliphatic carbocycles. The monoisotopic (exact) mass is 382 g/mol. The van der Waals surface area contributed by atoms with Crippen LogP contribution in [0, 0.1) is 0 Å². The standard InChI is InChI=1S/C17H18N8OS/c26-16(23-17-22-14-12(27-17)4-2-8-18-14)21-13-5-1-3-11(20-13)15-24-19-9-25(15)10-6-7-10/h1,3,5,9-10,18H,2,4,6-8H2,(H2,20,21,22,23,26). The van der Waals surface area contributed by atoms with Gasteiger partial charge in [-0.15, -0.1) is 10.2 Å². The number of carbonyl (C=O) groups excluding carboxylic acids is 1. The highest BCUT2D eigenvalue weighted by Crippen LogP contribution is 2.37. The van der Waals surface area contributed by atoms with Crippen LogP contribution in [-0.4, -0.2) is 37.3 Å². The SMILES string of the molecule is O=C(Nc1cccc(-c2nncn2C2CC2)n1)Nc1nc2c(s1)CCCN2. The Morgan fingerprint density at radius 2 is 2.19 bits per heavy atom. The van der Waals surface area contributed by atoms with Gasteiger partial charge in [-0.1, -0.05) is 17.4 Å². The van der Waals surface area contributed by atoms with E-state index in [0.717, 1.165) is 43.9 Å². The normalized spacial score (nSPS) is 15.7. The summed E-state index contributed by atoms with van der Waals surface area (Å²) in [4.78, 5) is 22.4. The Bertz CT molecular complexity index is 969. The Morgan fingerprint density at radius 3 is 3.04 bits per heavy atom. The number of urea groups is 1. The van der Waals surface area contributed by atoms with Crippen LogP contribution in [0.4, 0.5) is 21.6 Å². The van der Waals surface area contributed by atoms with Crippen LogP contribution in [0.5, 0.6) is 0 Å². The Morgan fingerprint density at radius 1 is 1.26 bits per heavy atom. The number of nitrogens with one attached hydrogen (secondary N) is 3. The zero-order valence-electron chi connectivity index (χ0n) is 14.5. The minimum Gasteiger partial charge on any atom is -0.369 e. The van der Waals surface area contributed by atoms with Gasteiger partial charge in [0.25, 0.3) is 0 Å². The molecule has 27 heavy (non-hydrogen) atoms. The Balaban J connectivity index is 1.30. The van der Waals surface area contributed by atoms with Crippen LogP contribution in [0.2, 0.25) is 0 Å². The topological polar surface area (TPSA) is 110 Å². The summed E-state index contributed by atoms with van der Waals surface area (Å²) in [7, 11) is 0. The second kappa shape index (κ2) is 6.62. The molecule has 2 aliphatic rings. The molecular formula is C17H18N8OS. The maximum absolute atomic E-state index is 12.3. The fourth-order valence-corrected chi connectivity index (χ4v) is 4.06. The highest BCUT2D eigenvalue weighted by atomic mass is 32.1. The van der Waals surface area contributed by atoms with Gasteiger partial charge >= 0.3 is 6.03 Å². The summed E-state index contributed by atoms with van der Waals surface area (Å²) in [6.45, 7) is 0.921. The van der Waals surface area contributed by atoms with Gasteiger partial charge in [0.1, 0.15) is 23.7 Å². The van der Waals surface area contributed by atoms with Gasteiger partial charge in [0.2, 0.25) is 0 Å². The molecule has 4 heterocycles. The van der Waals surface area contributed by atoms with E-state index in [2.05, 4.69) is 36.1 Å². The van der Waals surface area contributed by atoms with Crippen molar-refractivity contribution < 1.29 is 4.79 Å². The third kappa shape index (κ3) is 3.35. The molecule has 0 unspecified atom stereocenters. The average molecular weight is 382 g/mol. The van der Waals surface area contributed by atoms with Crippen LogP contribution >= 0.6 is 11.3 Å². The number of rotatable bonds is 4. The summed E-state index contributed by atoms with van der Waals surface area (Å²) >= 11 is 1.50. The number of hydrogen-bond acceptors (Lipinski definition) is 7. The van der Waals surface area contributed by atoms with E-state index in [1.165, 1.54) is 16.2 Å². The first-order valence-corrected chi connectivity index (χ1v) is 9.76. The molecule has 0 bridgehead atoms. The second-order valence-electron chi connectivity index (χ2n) is 6.60. The van der Waals surface area contributed by atoms with E-state index in [4.69, 9.17) is 0 Å². The van der Waals surface area contributed by atoms with Crippen LogP contribution in [0.1, 0.15) is 30.2 Å². The molecule has 3 aromatic rings.